The summed E-state index contributed by atoms with van der Waals surface area (Å²) in [7, 11) is 0. The summed E-state index contributed by atoms with van der Waals surface area (Å²) < 4.78 is 0. The first-order valence-corrected chi connectivity index (χ1v) is 5.28. The van der Waals surface area contributed by atoms with Gasteiger partial charge in [0.25, 0.3) is 0 Å². The zero-order chi connectivity index (χ0) is 12.5. The molecule has 0 radical (unpaired) electrons. The van der Waals surface area contributed by atoms with Crippen molar-refractivity contribution in [3.8, 4) is 6.07 Å². The molecule has 84 valence electrons. The Bertz CT molecular complexity index is 465. The predicted octanol–water partition coefficient (Wildman–Crippen LogP) is 1.85. The van der Waals surface area contributed by atoms with E-state index in [1.54, 1.807) is 13.8 Å². The van der Waals surface area contributed by atoms with Crippen molar-refractivity contribution in [3.63, 3.8) is 0 Å². The van der Waals surface area contributed by atoms with Gasteiger partial charge in [-0.3, -0.25) is 4.79 Å². The van der Waals surface area contributed by atoms with E-state index in [0.717, 1.165) is 11.3 Å². The van der Waals surface area contributed by atoms with Crippen LogP contribution in [0.25, 0.3) is 0 Å². The van der Waals surface area contributed by atoms with E-state index in [-0.39, 0.29) is 16.4 Å². The largest absolute Gasteiger partial charge is 0.476 e. The first kappa shape index (κ1) is 12.3. The number of carbonyl (C=O) groups is 2. The minimum atomic E-state index is -1.25. The van der Waals surface area contributed by atoms with Crippen molar-refractivity contribution in [2.24, 2.45) is 0 Å². The first-order chi connectivity index (χ1) is 7.29. The second kappa shape index (κ2) is 4.02. The molecule has 0 fully saturated rings. The highest BCUT2D eigenvalue weighted by molar-refractivity contribution is 7.14. The molecule has 0 aliphatic heterocycles. The molecule has 0 aliphatic rings. The van der Waals surface area contributed by atoms with Crippen molar-refractivity contribution >= 4 is 23.1 Å². The van der Waals surface area contributed by atoms with E-state index < -0.39 is 11.4 Å². The molecule has 1 aromatic rings. The third kappa shape index (κ3) is 2.09. The van der Waals surface area contributed by atoms with Gasteiger partial charge >= 0.3 is 5.97 Å². The summed E-state index contributed by atoms with van der Waals surface area (Å²) in [6.07, 6.45) is 0. The number of rotatable bonds is 3. The molecule has 16 heavy (non-hydrogen) atoms. The van der Waals surface area contributed by atoms with Crippen LogP contribution in [0.15, 0.2) is 0 Å². The Hall–Kier alpha value is -1.74. The summed E-state index contributed by atoms with van der Waals surface area (Å²) in [6.45, 7) is 4.53. The zero-order valence-electron chi connectivity index (χ0n) is 9.07. The monoisotopic (exact) mass is 238 g/mol. The molecule has 0 unspecified atom stereocenters. The minimum absolute atomic E-state index is 0.0887. The number of Topliss-reactive ketones (excluding diaryl/α,β-unsaturated/α-hetero) is 1. The van der Waals surface area contributed by atoms with Gasteiger partial charge in [-0.15, -0.1) is 11.3 Å². The van der Waals surface area contributed by atoms with Crippen molar-refractivity contribution in [1.29, 1.82) is 5.26 Å². The maximum atomic E-state index is 11.2. The highest BCUT2D eigenvalue weighted by Crippen LogP contribution is 2.29. The molecule has 0 saturated carbocycles. The van der Waals surface area contributed by atoms with Gasteiger partial charge in [0.15, 0.2) is 11.5 Å². The van der Waals surface area contributed by atoms with Crippen LogP contribution in [-0.4, -0.2) is 21.8 Å². The third-order valence-electron chi connectivity index (χ3n) is 1.96. The molecule has 0 aliphatic carbocycles. The quantitative estimate of drug-likeness (QED) is 0.811. The van der Waals surface area contributed by atoms with Crippen molar-refractivity contribution in [2.75, 3.05) is 0 Å². The standard InChI is InChI=1S/C10H10N2O3S/c1-5(13)7-6(8(14)15)12-9(16-7)10(2,3)4-11/h1-3H3,(H,14,15). The van der Waals surface area contributed by atoms with Crippen LogP contribution in [0, 0.1) is 11.3 Å². The molecule has 0 spiro atoms. The molecular formula is C10H10N2O3S. The van der Waals surface area contributed by atoms with Gasteiger partial charge in [-0.05, 0) is 13.8 Å². The lowest BCUT2D eigenvalue weighted by Crippen LogP contribution is -2.13. The third-order valence-corrected chi connectivity index (χ3v) is 3.44. The molecule has 1 rings (SSSR count). The predicted molar refractivity (Wildman–Crippen MR) is 57.7 cm³/mol. The average molecular weight is 238 g/mol. The van der Waals surface area contributed by atoms with E-state index in [1.165, 1.54) is 6.92 Å². The topological polar surface area (TPSA) is 91.0 Å². The number of ketones is 1. The maximum Gasteiger partial charge on any atom is 0.356 e. The number of carbonyl (C=O) groups excluding carboxylic acids is 1. The van der Waals surface area contributed by atoms with E-state index in [1.807, 2.05) is 6.07 Å². The summed E-state index contributed by atoms with van der Waals surface area (Å²) in [5.74, 6) is -1.60. The number of hydrogen-bond acceptors (Lipinski definition) is 5. The molecule has 1 N–H and O–H groups in total. The summed E-state index contributed by atoms with van der Waals surface area (Å²) >= 11 is 0.963. The lowest BCUT2D eigenvalue weighted by atomic mass is 9.97. The maximum absolute atomic E-state index is 11.2. The number of thiazole rings is 1. The van der Waals surface area contributed by atoms with E-state index >= 15 is 0 Å². The molecule has 5 nitrogen and oxygen atoms in total. The number of nitriles is 1. The molecule has 1 heterocycles. The van der Waals surface area contributed by atoms with Gasteiger partial charge in [0.05, 0.1) is 6.07 Å². The van der Waals surface area contributed by atoms with Crippen LogP contribution in [0.3, 0.4) is 0 Å². The molecule has 0 atom stereocenters. The van der Waals surface area contributed by atoms with E-state index in [4.69, 9.17) is 10.4 Å². The highest BCUT2D eigenvalue weighted by Gasteiger charge is 2.29. The summed E-state index contributed by atoms with van der Waals surface area (Å²) in [5, 5.41) is 18.1. The molecule has 1 aromatic heterocycles. The minimum Gasteiger partial charge on any atom is -0.476 e. The lowest BCUT2D eigenvalue weighted by molar-refractivity contribution is 0.0686. The summed E-state index contributed by atoms with van der Waals surface area (Å²) in [4.78, 5) is 26.0. The highest BCUT2D eigenvalue weighted by atomic mass is 32.1. The van der Waals surface area contributed by atoms with Crippen molar-refractivity contribution in [2.45, 2.75) is 26.2 Å². The van der Waals surface area contributed by atoms with Crippen LogP contribution in [0.2, 0.25) is 0 Å². The lowest BCUT2D eigenvalue weighted by Gasteiger charge is -2.09. The second-order valence-electron chi connectivity index (χ2n) is 3.79. The van der Waals surface area contributed by atoms with Gasteiger partial charge in [0, 0.05) is 6.92 Å². The Morgan fingerprint density at radius 3 is 2.38 bits per heavy atom. The molecular weight excluding hydrogens is 228 g/mol. The first-order valence-electron chi connectivity index (χ1n) is 4.46. The van der Waals surface area contributed by atoms with Crippen molar-refractivity contribution < 1.29 is 14.7 Å². The number of carboxylic acid groups (broad SMARTS) is 1. The van der Waals surface area contributed by atoms with Gasteiger partial charge in [-0.25, -0.2) is 9.78 Å². The van der Waals surface area contributed by atoms with Crippen molar-refractivity contribution in [1.82, 2.24) is 4.98 Å². The number of hydrogen-bond donors (Lipinski definition) is 1. The number of aromatic carboxylic acids is 1. The van der Waals surface area contributed by atoms with Crippen LogP contribution < -0.4 is 0 Å². The molecule has 0 aromatic carbocycles. The fraction of sp³-hybridized carbons (Fsp3) is 0.400. The van der Waals surface area contributed by atoms with E-state index in [0.29, 0.717) is 5.01 Å². The number of carboxylic acids is 1. The van der Waals surface area contributed by atoms with Crippen molar-refractivity contribution in [3.05, 3.63) is 15.6 Å². The van der Waals surface area contributed by atoms with Crippen LogP contribution in [0.1, 0.15) is 45.9 Å². The average Bonchev–Trinajstić information content (AvgIpc) is 2.62. The molecule has 0 saturated heterocycles. The molecule has 0 bridgehead atoms. The van der Waals surface area contributed by atoms with Gasteiger partial charge in [0.2, 0.25) is 0 Å². The van der Waals surface area contributed by atoms with Crippen LogP contribution in [0.5, 0.6) is 0 Å². The van der Waals surface area contributed by atoms with Gasteiger partial charge in [-0.2, -0.15) is 5.26 Å². The normalized spacial score (nSPS) is 10.9. The van der Waals surface area contributed by atoms with Crippen LogP contribution >= 0.6 is 11.3 Å². The van der Waals surface area contributed by atoms with Gasteiger partial charge < -0.3 is 5.11 Å². The van der Waals surface area contributed by atoms with Crippen LogP contribution in [0.4, 0.5) is 0 Å². The Morgan fingerprint density at radius 1 is 1.50 bits per heavy atom. The Kier molecular flexibility index (Phi) is 3.10. The van der Waals surface area contributed by atoms with E-state index in [2.05, 4.69) is 4.98 Å². The summed E-state index contributed by atoms with van der Waals surface area (Å²) in [5.41, 5.74) is -1.15. The Balaban J connectivity index is 3.40. The zero-order valence-corrected chi connectivity index (χ0v) is 9.88. The SMILES string of the molecule is CC(=O)c1sc(C(C)(C)C#N)nc1C(=O)O. The van der Waals surface area contributed by atoms with E-state index in [9.17, 15) is 9.59 Å². The van der Waals surface area contributed by atoms with Crippen LogP contribution in [-0.2, 0) is 5.41 Å². The summed E-state index contributed by atoms with van der Waals surface area (Å²) in [6, 6.07) is 2.02. The Morgan fingerprint density at radius 2 is 2.06 bits per heavy atom. The van der Waals surface area contributed by atoms with Gasteiger partial charge in [-0.1, -0.05) is 0 Å². The fourth-order valence-electron chi connectivity index (χ4n) is 1.02. The number of nitrogens with zero attached hydrogens (tertiary/aromatic N) is 2. The fourth-order valence-corrected chi connectivity index (χ4v) is 2.02. The van der Waals surface area contributed by atoms with Gasteiger partial charge in [0.1, 0.15) is 15.3 Å². The molecule has 6 heteroatoms. The second-order valence-corrected chi connectivity index (χ2v) is 4.79. The smallest absolute Gasteiger partial charge is 0.356 e. The molecule has 0 amide bonds. The number of aromatic nitrogens is 1. The Labute approximate surface area is 96.4 Å².